The number of ether oxygens (including phenoxy) is 2. The number of amides is 2. The average Bonchev–Trinajstić information content (AvgIpc) is 3.38. The van der Waals surface area contributed by atoms with Gasteiger partial charge < -0.3 is 25.0 Å². The van der Waals surface area contributed by atoms with Crippen LogP contribution in [0.2, 0.25) is 0 Å². The molecule has 1 fully saturated rings. The normalized spacial score (nSPS) is 14.9. The second kappa shape index (κ2) is 7.57. The molecule has 0 radical (unpaired) electrons. The Hall–Kier alpha value is -3.22. The lowest BCUT2D eigenvalue weighted by atomic mass is 10.2. The van der Waals surface area contributed by atoms with Gasteiger partial charge in [0.2, 0.25) is 6.79 Å². The molecule has 2 aromatic carbocycles. The van der Waals surface area contributed by atoms with Gasteiger partial charge in [0.1, 0.15) is 0 Å². The van der Waals surface area contributed by atoms with Crippen LogP contribution in [0, 0.1) is 0 Å². The summed E-state index contributed by atoms with van der Waals surface area (Å²) in [5.74, 6) is -0.0505. The molecule has 7 nitrogen and oxygen atoms in total. The number of fused-ring (bicyclic) bond motifs is 1. The molecule has 7 heteroatoms. The third-order valence-electron chi connectivity index (χ3n) is 4.69. The monoisotopic (exact) mass is 367 g/mol. The van der Waals surface area contributed by atoms with E-state index in [1.54, 1.807) is 12.1 Å². The van der Waals surface area contributed by atoms with E-state index >= 15 is 0 Å². The Morgan fingerprint density at radius 3 is 2.44 bits per heavy atom. The summed E-state index contributed by atoms with van der Waals surface area (Å²) < 4.78 is 10.5. The van der Waals surface area contributed by atoms with Crippen LogP contribution in [-0.4, -0.2) is 31.7 Å². The summed E-state index contributed by atoms with van der Waals surface area (Å²) in [4.78, 5) is 26.4. The van der Waals surface area contributed by atoms with Crippen molar-refractivity contribution in [3.05, 3.63) is 48.0 Å². The predicted octanol–water partition coefficient (Wildman–Crippen LogP) is 2.27. The van der Waals surface area contributed by atoms with Gasteiger partial charge in [-0.1, -0.05) is 6.07 Å². The molecule has 2 aliphatic heterocycles. The van der Waals surface area contributed by atoms with Gasteiger partial charge in [0, 0.05) is 31.0 Å². The van der Waals surface area contributed by atoms with E-state index in [9.17, 15) is 9.59 Å². The van der Waals surface area contributed by atoms with Crippen LogP contribution in [-0.2, 0) is 16.1 Å². The molecule has 0 saturated carbocycles. The number of benzene rings is 2. The van der Waals surface area contributed by atoms with Crippen molar-refractivity contribution in [2.24, 2.45) is 0 Å². The molecule has 0 aromatic heterocycles. The van der Waals surface area contributed by atoms with Gasteiger partial charge in [0.05, 0.1) is 0 Å². The Labute approximate surface area is 157 Å². The van der Waals surface area contributed by atoms with Crippen molar-refractivity contribution in [1.29, 1.82) is 0 Å². The number of nitrogens with zero attached hydrogens (tertiary/aromatic N) is 1. The molecule has 140 valence electrons. The van der Waals surface area contributed by atoms with E-state index in [1.807, 2.05) is 30.3 Å². The molecule has 4 rings (SSSR count). The highest BCUT2D eigenvalue weighted by Gasteiger charge is 2.17. The van der Waals surface area contributed by atoms with Crippen LogP contribution in [0.3, 0.4) is 0 Å². The van der Waals surface area contributed by atoms with Crippen molar-refractivity contribution in [3.8, 4) is 11.5 Å². The van der Waals surface area contributed by atoms with E-state index in [0.29, 0.717) is 17.2 Å². The number of hydrogen-bond donors (Lipinski definition) is 2. The molecule has 0 spiro atoms. The van der Waals surface area contributed by atoms with Crippen LogP contribution in [0.4, 0.5) is 11.4 Å². The molecule has 1 saturated heterocycles. The highest BCUT2D eigenvalue weighted by molar-refractivity contribution is 6.39. The quantitative estimate of drug-likeness (QED) is 0.811. The van der Waals surface area contributed by atoms with Crippen LogP contribution >= 0.6 is 0 Å². The van der Waals surface area contributed by atoms with E-state index in [1.165, 1.54) is 12.8 Å². The van der Waals surface area contributed by atoms with Crippen LogP contribution in [0.1, 0.15) is 18.4 Å². The summed E-state index contributed by atoms with van der Waals surface area (Å²) in [6, 6.07) is 13.0. The van der Waals surface area contributed by atoms with Crippen molar-refractivity contribution in [2.75, 3.05) is 30.1 Å². The fourth-order valence-corrected chi connectivity index (χ4v) is 3.23. The highest BCUT2D eigenvalue weighted by atomic mass is 16.7. The average molecular weight is 367 g/mol. The summed E-state index contributed by atoms with van der Waals surface area (Å²) in [6.07, 6.45) is 2.42. The zero-order chi connectivity index (χ0) is 18.6. The lowest BCUT2D eigenvalue weighted by molar-refractivity contribution is -0.136. The molecule has 0 atom stereocenters. The van der Waals surface area contributed by atoms with Gasteiger partial charge in [-0.25, -0.2) is 0 Å². The summed E-state index contributed by atoms with van der Waals surface area (Å²) in [5, 5.41) is 5.23. The highest BCUT2D eigenvalue weighted by Crippen LogP contribution is 2.32. The van der Waals surface area contributed by atoms with Gasteiger partial charge in [0.15, 0.2) is 11.5 Å². The molecule has 2 aliphatic rings. The zero-order valence-corrected chi connectivity index (χ0v) is 14.9. The fourth-order valence-electron chi connectivity index (χ4n) is 3.23. The Morgan fingerprint density at radius 2 is 1.67 bits per heavy atom. The fraction of sp³-hybridized carbons (Fsp3) is 0.300. The molecule has 2 heterocycles. The summed E-state index contributed by atoms with van der Waals surface area (Å²) in [5.41, 5.74) is 2.56. The van der Waals surface area contributed by atoms with E-state index in [4.69, 9.17) is 9.47 Å². The lowest BCUT2D eigenvalue weighted by Gasteiger charge is -2.17. The molecular formula is C20H21N3O4. The molecule has 2 amide bonds. The minimum atomic E-state index is -0.690. The third kappa shape index (κ3) is 3.97. The van der Waals surface area contributed by atoms with E-state index < -0.39 is 11.8 Å². The first-order valence-electron chi connectivity index (χ1n) is 9.02. The van der Waals surface area contributed by atoms with Crippen LogP contribution in [0.15, 0.2) is 42.5 Å². The maximum Gasteiger partial charge on any atom is 0.313 e. The van der Waals surface area contributed by atoms with E-state index in [0.717, 1.165) is 24.3 Å². The Morgan fingerprint density at radius 1 is 0.926 bits per heavy atom. The van der Waals surface area contributed by atoms with E-state index in [2.05, 4.69) is 15.5 Å². The second-order valence-corrected chi connectivity index (χ2v) is 6.57. The minimum absolute atomic E-state index is 0.199. The smallest absolute Gasteiger partial charge is 0.313 e. The molecule has 2 aromatic rings. The van der Waals surface area contributed by atoms with Gasteiger partial charge in [0.25, 0.3) is 0 Å². The van der Waals surface area contributed by atoms with Crippen molar-refractivity contribution < 1.29 is 19.1 Å². The standard InChI is InChI=1S/C20H21N3O4/c24-19(21-12-14-3-8-17-18(11-14)27-13-26-17)20(25)22-15-4-6-16(7-5-15)23-9-1-2-10-23/h3-8,11H,1-2,9-10,12-13H2,(H,21,24)(H,22,25). The number of carbonyl (C=O) groups excluding carboxylic acids is 2. The summed E-state index contributed by atoms with van der Waals surface area (Å²) in [6.45, 7) is 2.56. The van der Waals surface area contributed by atoms with Crippen molar-refractivity contribution >= 4 is 23.2 Å². The number of hydrogen-bond acceptors (Lipinski definition) is 5. The predicted molar refractivity (Wildman–Crippen MR) is 101 cm³/mol. The SMILES string of the molecule is O=C(NCc1ccc2c(c1)OCO2)C(=O)Nc1ccc(N2CCCC2)cc1. The number of carbonyl (C=O) groups is 2. The van der Waals surface area contributed by atoms with Crippen molar-refractivity contribution in [2.45, 2.75) is 19.4 Å². The minimum Gasteiger partial charge on any atom is -0.454 e. The molecule has 2 N–H and O–H groups in total. The maximum absolute atomic E-state index is 12.1. The molecule has 27 heavy (non-hydrogen) atoms. The summed E-state index contributed by atoms with van der Waals surface area (Å²) >= 11 is 0. The van der Waals surface area contributed by atoms with Crippen LogP contribution in [0.25, 0.3) is 0 Å². The zero-order valence-electron chi connectivity index (χ0n) is 14.9. The van der Waals surface area contributed by atoms with Gasteiger partial charge >= 0.3 is 11.8 Å². The molecule has 0 unspecified atom stereocenters. The number of nitrogens with one attached hydrogen (secondary N) is 2. The van der Waals surface area contributed by atoms with Gasteiger partial charge in [-0.2, -0.15) is 0 Å². The molecule has 0 bridgehead atoms. The van der Waals surface area contributed by atoms with E-state index in [-0.39, 0.29) is 13.3 Å². The largest absolute Gasteiger partial charge is 0.454 e. The Bertz CT molecular complexity index is 845. The van der Waals surface area contributed by atoms with Crippen LogP contribution < -0.4 is 25.0 Å². The molecule has 0 aliphatic carbocycles. The first-order valence-corrected chi connectivity index (χ1v) is 9.02. The summed E-state index contributed by atoms with van der Waals surface area (Å²) in [7, 11) is 0. The second-order valence-electron chi connectivity index (χ2n) is 6.57. The number of anilines is 2. The first kappa shape index (κ1) is 17.2. The first-order chi connectivity index (χ1) is 13.2. The number of rotatable bonds is 4. The van der Waals surface area contributed by atoms with Crippen molar-refractivity contribution in [1.82, 2.24) is 5.32 Å². The van der Waals surface area contributed by atoms with Gasteiger partial charge in [-0.3, -0.25) is 9.59 Å². The maximum atomic E-state index is 12.1. The van der Waals surface area contributed by atoms with Crippen molar-refractivity contribution in [3.63, 3.8) is 0 Å². The van der Waals surface area contributed by atoms with Crippen LogP contribution in [0.5, 0.6) is 11.5 Å². The Balaban J connectivity index is 1.29. The third-order valence-corrected chi connectivity index (χ3v) is 4.69. The van der Waals surface area contributed by atoms with Gasteiger partial charge in [-0.15, -0.1) is 0 Å². The topological polar surface area (TPSA) is 79.9 Å². The Kier molecular flexibility index (Phi) is 4.82. The molecular weight excluding hydrogens is 346 g/mol. The lowest BCUT2D eigenvalue weighted by Crippen LogP contribution is -2.34. The van der Waals surface area contributed by atoms with Gasteiger partial charge in [-0.05, 0) is 54.8 Å².